The second-order valence-electron chi connectivity index (χ2n) is 6.60. The molecule has 0 bridgehead atoms. The maximum Gasteiger partial charge on any atom is 0.191 e. The Bertz CT molecular complexity index is 768. The molecule has 3 rings (SSSR count). The molecule has 0 amide bonds. The second-order valence-corrected chi connectivity index (χ2v) is 6.60. The molecule has 29 heavy (non-hydrogen) atoms. The molecule has 0 aliphatic carbocycles. The van der Waals surface area contributed by atoms with Crippen LogP contribution in [0, 0.1) is 0 Å². The topological polar surface area (TPSA) is 87.8 Å². The van der Waals surface area contributed by atoms with Crippen molar-refractivity contribution in [3.05, 3.63) is 40.9 Å². The van der Waals surface area contributed by atoms with Crippen molar-refractivity contribution in [2.24, 2.45) is 4.99 Å². The van der Waals surface area contributed by atoms with E-state index in [2.05, 4.69) is 50.6 Å². The van der Waals surface area contributed by atoms with Gasteiger partial charge in [-0.15, -0.1) is 24.0 Å². The van der Waals surface area contributed by atoms with Crippen molar-refractivity contribution in [2.75, 3.05) is 38.3 Å². The third-order valence-electron chi connectivity index (χ3n) is 4.89. The van der Waals surface area contributed by atoms with Gasteiger partial charge in [-0.2, -0.15) is 0 Å². The Balaban J connectivity index is 0.00000300. The van der Waals surface area contributed by atoms with Crippen LogP contribution in [0.25, 0.3) is 0 Å². The Morgan fingerprint density at radius 3 is 2.62 bits per heavy atom. The highest BCUT2D eigenvalue weighted by molar-refractivity contribution is 14.0. The normalized spacial score (nSPS) is 14.4. The van der Waals surface area contributed by atoms with Crippen LogP contribution in [0.4, 0.5) is 5.82 Å². The highest BCUT2D eigenvalue weighted by Gasteiger charge is 2.17. The van der Waals surface area contributed by atoms with Gasteiger partial charge in [0.05, 0.1) is 18.9 Å². The molecular formula is C20H31IN6O2. The number of ether oxygens (including phenoxy) is 1. The largest absolute Gasteiger partial charge is 0.378 e. The van der Waals surface area contributed by atoms with Crippen LogP contribution in [0.2, 0.25) is 0 Å². The fourth-order valence-electron chi connectivity index (χ4n) is 3.34. The minimum Gasteiger partial charge on any atom is -0.378 e. The molecule has 0 unspecified atom stereocenters. The number of guanidine groups is 1. The summed E-state index contributed by atoms with van der Waals surface area (Å²) in [4.78, 5) is 11.2. The van der Waals surface area contributed by atoms with E-state index in [1.165, 1.54) is 0 Å². The number of rotatable bonds is 7. The number of aliphatic imine (C=N–C) groups is 1. The van der Waals surface area contributed by atoms with Crippen LogP contribution in [0.3, 0.4) is 0 Å². The first kappa shape index (κ1) is 23.4. The standard InChI is InChI=1S/C20H30N6O2.HI/c1-4-17-16(18(5-2)28-25-17)14-24-20(21-3)23-13-15-7-6-8-22-19(15)26-9-11-27-12-10-26;/h6-8H,4-5,9-14H2,1-3H3,(H2,21,23,24);1H. The van der Waals surface area contributed by atoms with Crippen molar-refractivity contribution >= 4 is 35.8 Å². The number of aromatic nitrogens is 2. The van der Waals surface area contributed by atoms with E-state index in [-0.39, 0.29) is 24.0 Å². The monoisotopic (exact) mass is 514 g/mol. The molecule has 1 aliphatic heterocycles. The van der Waals surface area contributed by atoms with Gasteiger partial charge in [0.2, 0.25) is 0 Å². The number of aryl methyl sites for hydroxylation is 2. The Kier molecular flexibility index (Phi) is 9.65. The molecule has 2 aromatic heterocycles. The Morgan fingerprint density at radius 1 is 1.17 bits per heavy atom. The molecule has 2 N–H and O–H groups in total. The van der Waals surface area contributed by atoms with E-state index >= 15 is 0 Å². The molecule has 3 heterocycles. The van der Waals surface area contributed by atoms with Crippen molar-refractivity contribution in [2.45, 2.75) is 39.8 Å². The zero-order chi connectivity index (χ0) is 19.8. The lowest BCUT2D eigenvalue weighted by Gasteiger charge is -2.29. The van der Waals surface area contributed by atoms with E-state index in [0.717, 1.165) is 73.5 Å². The molecule has 1 fully saturated rings. The maximum atomic E-state index is 5.45. The smallest absolute Gasteiger partial charge is 0.191 e. The van der Waals surface area contributed by atoms with Crippen LogP contribution in [0.15, 0.2) is 27.8 Å². The van der Waals surface area contributed by atoms with E-state index in [9.17, 15) is 0 Å². The van der Waals surface area contributed by atoms with E-state index in [1.54, 1.807) is 7.05 Å². The van der Waals surface area contributed by atoms with Gasteiger partial charge in [-0.3, -0.25) is 4.99 Å². The van der Waals surface area contributed by atoms with E-state index in [0.29, 0.717) is 13.1 Å². The summed E-state index contributed by atoms with van der Waals surface area (Å²) in [5.41, 5.74) is 3.27. The van der Waals surface area contributed by atoms with Gasteiger partial charge in [0.15, 0.2) is 5.96 Å². The van der Waals surface area contributed by atoms with Crippen molar-refractivity contribution in [3.8, 4) is 0 Å². The van der Waals surface area contributed by atoms with Gasteiger partial charge >= 0.3 is 0 Å². The van der Waals surface area contributed by atoms with Gasteiger partial charge in [-0.1, -0.05) is 25.1 Å². The molecule has 8 nitrogen and oxygen atoms in total. The van der Waals surface area contributed by atoms with Gasteiger partial charge in [0.25, 0.3) is 0 Å². The average molecular weight is 514 g/mol. The number of nitrogens with zero attached hydrogens (tertiary/aromatic N) is 4. The summed E-state index contributed by atoms with van der Waals surface area (Å²) >= 11 is 0. The third kappa shape index (κ3) is 6.05. The summed E-state index contributed by atoms with van der Waals surface area (Å²) in [7, 11) is 1.77. The molecular weight excluding hydrogens is 483 g/mol. The Hall–Kier alpha value is -1.88. The molecule has 2 aromatic rings. The number of nitrogens with one attached hydrogen (secondary N) is 2. The van der Waals surface area contributed by atoms with Crippen LogP contribution in [-0.4, -0.2) is 49.5 Å². The Morgan fingerprint density at radius 2 is 1.93 bits per heavy atom. The summed E-state index contributed by atoms with van der Waals surface area (Å²) in [5.74, 6) is 2.68. The predicted molar refractivity (Wildman–Crippen MR) is 125 cm³/mol. The molecule has 0 saturated carbocycles. The zero-order valence-corrected chi connectivity index (χ0v) is 19.7. The highest BCUT2D eigenvalue weighted by atomic mass is 127. The maximum absolute atomic E-state index is 5.45. The number of hydrogen-bond acceptors (Lipinski definition) is 6. The molecule has 0 radical (unpaired) electrons. The lowest BCUT2D eigenvalue weighted by atomic mass is 10.1. The Labute approximate surface area is 189 Å². The zero-order valence-electron chi connectivity index (χ0n) is 17.4. The quantitative estimate of drug-likeness (QED) is 0.334. The minimum absolute atomic E-state index is 0. The third-order valence-corrected chi connectivity index (χ3v) is 4.89. The summed E-state index contributed by atoms with van der Waals surface area (Å²) in [5, 5.41) is 10.9. The molecule has 1 aliphatic rings. The van der Waals surface area contributed by atoms with Crippen molar-refractivity contribution in [1.82, 2.24) is 20.8 Å². The first-order valence-electron chi connectivity index (χ1n) is 9.94. The van der Waals surface area contributed by atoms with Gasteiger partial charge in [0, 0.05) is 57.0 Å². The minimum atomic E-state index is 0. The molecule has 0 atom stereocenters. The molecule has 160 valence electrons. The van der Waals surface area contributed by atoms with Crippen LogP contribution in [0.5, 0.6) is 0 Å². The van der Waals surface area contributed by atoms with Gasteiger partial charge < -0.3 is 24.8 Å². The fourth-order valence-corrected chi connectivity index (χ4v) is 3.34. The molecule has 1 saturated heterocycles. The number of pyridine rings is 1. The van der Waals surface area contributed by atoms with Crippen molar-refractivity contribution in [1.29, 1.82) is 0 Å². The summed E-state index contributed by atoms with van der Waals surface area (Å²) in [6, 6.07) is 4.07. The van der Waals surface area contributed by atoms with Crippen LogP contribution >= 0.6 is 24.0 Å². The van der Waals surface area contributed by atoms with Crippen LogP contribution < -0.4 is 15.5 Å². The molecule has 9 heteroatoms. The van der Waals surface area contributed by atoms with Gasteiger partial charge in [-0.25, -0.2) is 4.98 Å². The number of anilines is 1. The van der Waals surface area contributed by atoms with Crippen LogP contribution in [-0.2, 0) is 30.7 Å². The first-order chi connectivity index (χ1) is 13.8. The van der Waals surface area contributed by atoms with E-state index in [4.69, 9.17) is 9.26 Å². The average Bonchev–Trinajstić information content (AvgIpc) is 3.16. The highest BCUT2D eigenvalue weighted by Crippen LogP contribution is 2.18. The lowest BCUT2D eigenvalue weighted by Crippen LogP contribution is -2.39. The van der Waals surface area contributed by atoms with E-state index in [1.807, 2.05) is 12.3 Å². The molecule has 0 aromatic carbocycles. The second kappa shape index (κ2) is 12.0. The SMILES string of the molecule is CCc1noc(CC)c1CNC(=NC)NCc1cccnc1N1CCOCC1.I. The summed E-state index contributed by atoms with van der Waals surface area (Å²) in [6.45, 7) is 8.66. The van der Waals surface area contributed by atoms with Gasteiger partial charge in [-0.05, 0) is 12.5 Å². The number of halogens is 1. The van der Waals surface area contributed by atoms with Crippen molar-refractivity contribution in [3.63, 3.8) is 0 Å². The van der Waals surface area contributed by atoms with Gasteiger partial charge in [0.1, 0.15) is 11.6 Å². The summed E-state index contributed by atoms with van der Waals surface area (Å²) < 4.78 is 10.9. The predicted octanol–water partition coefficient (Wildman–Crippen LogP) is 2.51. The summed E-state index contributed by atoms with van der Waals surface area (Å²) in [6.07, 6.45) is 3.52. The number of hydrogen-bond donors (Lipinski definition) is 2. The van der Waals surface area contributed by atoms with Crippen LogP contribution in [0.1, 0.15) is 36.4 Å². The van der Waals surface area contributed by atoms with E-state index < -0.39 is 0 Å². The first-order valence-corrected chi connectivity index (χ1v) is 9.94. The number of morpholine rings is 1. The van der Waals surface area contributed by atoms with Crippen molar-refractivity contribution < 1.29 is 9.26 Å². The lowest BCUT2D eigenvalue weighted by molar-refractivity contribution is 0.122. The molecule has 0 spiro atoms. The fraction of sp³-hybridized carbons (Fsp3) is 0.550.